The van der Waals surface area contributed by atoms with Gasteiger partial charge in [-0.25, -0.2) is 19.9 Å². The van der Waals surface area contributed by atoms with E-state index in [0.29, 0.717) is 17.5 Å². The number of pyridine rings is 1. The molecule has 11 rings (SSSR count). The van der Waals surface area contributed by atoms with Crippen LogP contribution in [0.2, 0.25) is 0 Å². The molecule has 10 aromatic rings. The van der Waals surface area contributed by atoms with Crippen LogP contribution in [0.4, 0.5) is 0 Å². The molecule has 1 aliphatic rings. The minimum atomic E-state index is -0.213. The Morgan fingerprint density at radius 2 is 0.587 bits per heavy atom. The quantitative estimate of drug-likeness (QED) is 0.153. The van der Waals surface area contributed by atoms with Gasteiger partial charge >= 0.3 is 0 Å². The second-order valence-corrected chi connectivity index (χ2v) is 16.7. The first-order valence-electron chi connectivity index (χ1n) is 21.5. The van der Waals surface area contributed by atoms with Crippen molar-refractivity contribution in [3.05, 3.63) is 230 Å². The molecule has 298 valence electrons. The summed E-state index contributed by atoms with van der Waals surface area (Å²) in [5, 5.41) is 0. The summed E-state index contributed by atoms with van der Waals surface area (Å²) in [6, 6.07) is 77.0. The van der Waals surface area contributed by atoms with Crippen molar-refractivity contribution in [1.82, 2.24) is 19.9 Å². The molecule has 0 atom stereocenters. The summed E-state index contributed by atoms with van der Waals surface area (Å²) in [7, 11) is 0. The van der Waals surface area contributed by atoms with Crippen LogP contribution in [0.25, 0.3) is 101 Å². The lowest BCUT2D eigenvalue weighted by molar-refractivity contribution is 0.661. The van der Waals surface area contributed by atoms with E-state index in [-0.39, 0.29) is 5.41 Å². The van der Waals surface area contributed by atoms with E-state index in [1.165, 1.54) is 33.4 Å². The highest BCUT2D eigenvalue weighted by molar-refractivity contribution is 5.87. The zero-order valence-corrected chi connectivity index (χ0v) is 35.1. The molecule has 63 heavy (non-hydrogen) atoms. The Kier molecular flexibility index (Phi) is 9.47. The molecule has 4 nitrogen and oxygen atoms in total. The maximum atomic E-state index is 5.12. The number of hydrogen-bond donors (Lipinski definition) is 0. The molecule has 0 N–H and O–H groups in total. The molecule has 2 heterocycles. The van der Waals surface area contributed by atoms with Crippen LogP contribution in [0, 0.1) is 0 Å². The van der Waals surface area contributed by atoms with Crippen molar-refractivity contribution in [1.29, 1.82) is 0 Å². The Morgan fingerprint density at radius 1 is 0.254 bits per heavy atom. The summed E-state index contributed by atoms with van der Waals surface area (Å²) in [5.74, 6) is 1.95. The normalized spacial score (nSPS) is 12.4. The van der Waals surface area contributed by atoms with E-state index < -0.39 is 0 Å². The molecule has 0 aliphatic heterocycles. The van der Waals surface area contributed by atoms with Crippen molar-refractivity contribution in [3.8, 4) is 101 Å². The summed E-state index contributed by atoms with van der Waals surface area (Å²) >= 11 is 0. The van der Waals surface area contributed by atoms with Crippen LogP contribution in [-0.4, -0.2) is 19.9 Å². The first kappa shape index (κ1) is 37.9. The van der Waals surface area contributed by atoms with Crippen molar-refractivity contribution in [2.75, 3.05) is 0 Å². The zero-order valence-electron chi connectivity index (χ0n) is 35.1. The van der Waals surface area contributed by atoms with Crippen LogP contribution in [-0.2, 0) is 5.41 Å². The molecule has 0 radical (unpaired) electrons. The molecule has 0 spiro atoms. The maximum absolute atomic E-state index is 5.12. The van der Waals surface area contributed by atoms with Crippen LogP contribution < -0.4 is 0 Å². The van der Waals surface area contributed by atoms with Gasteiger partial charge in [-0.1, -0.05) is 196 Å². The van der Waals surface area contributed by atoms with Gasteiger partial charge in [-0.3, -0.25) is 0 Å². The topological polar surface area (TPSA) is 51.6 Å². The third-order valence-electron chi connectivity index (χ3n) is 12.3. The molecule has 4 heteroatoms. The van der Waals surface area contributed by atoms with Gasteiger partial charge in [-0.15, -0.1) is 0 Å². The highest BCUT2D eigenvalue weighted by Crippen LogP contribution is 2.51. The first-order valence-corrected chi connectivity index (χ1v) is 21.5. The largest absolute Gasteiger partial charge is 0.248 e. The Hall–Kier alpha value is -8.08. The fourth-order valence-electron chi connectivity index (χ4n) is 8.96. The van der Waals surface area contributed by atoms with Crippen LogP contribution in [0.5, 0.6) is 0 Å². The number of aromatic nitrogens is 4. The van der Waals surface area contributed by atoms with Gasteiger partial charge in [0, 0.05) is 33.2 Å². The second-order valence-electron chi connectivity index (χ2n) is 16.7. The highest BCUT2D eigenvalue weighted by atomic mass is 15.0. The Balaban J connectivity index is 0.927. The van der Waals surface area contributed by atoms with Crippen molar-refractivity contribution >= 4 is 0 Å². The highest BCUT2D eigenvalue weighted by Gasteiger charge is 2.36. The molecule has 8 aromatic carbocycles. The lowest BCUT2D eigenvalue weighted by Gasteiger charge is -2.23. The maximum Gasteiger partial charge on any atom is 0.164 e. The molecule has 0 saturated carbocycles. The van der Waals surface area contributed by atoms with Crippen LogP contribution in [0.3, 0.4) is 0 Å². The average Bonchev–Trinajstić information content (AvgIpc) is 3.59. The SMILES string of the molecule is CC1(C)c2cc(-c3cccc(-c4cc(-c5ccccc5)nc(-c5ccccc5)c4)c3)ccc2-c2ccc(-c3cccc(-c4nc(-c5ccccc5)nc(-c5ccccc5)n4)c3)cc21. The summed E-state index contributed by atoms with van der Waals surface area (Å²) < 4.78 is 0. The van der Waals surface area contributed by atoms with Crippen molar-refractivity contribution in [3.63, 3.8) is 0 Å². The van der Waals surface area contributed by atoms with Crippen LogP contribution in [0.1, 0.15) is 25.0 Å². The molecule has 0 unspecified atom stereocenters. The van der Waals surface area contributed by atoms with Gasteiger partial charge in [0.05, 0.1) is 11.4 Å². The minimum absolute atomic E-state index is 0.213. The number of rotatable bonds is 8. The molecular formula is C59H42N4. The number of hydrogen-bond acceptors (Lipinski definition) is 4. The molecule has 2 aromatic heterocycles. The molecule has 0 saturated heterocycles. The molecular weight excluding hydrogens is 765 g/mol. The first-order chi connectivity index (χ1) is 30.9. The van der Waals surface area contributed by atoms with E-state index in [2.05, 4.69) is 159 Å². The van der Waals surface area contributed by atoms with E-state index in [0.717, 1.165) is 61.5 Å². The van der Waals surface area contributed by atoms with Crippen molar-refractivity contribution in [2.24, 2.45) is 0 Å². The Bertz CT molecular complexity index is 2950. The second kappa shape index (κ2) is 15.7. The van der Waals surface area contributed by atoms with E-state index in [1.807, 2.05) is 72.8 Å². The molecule has 0 fully saturated rings. The number of fused-ring (bicyclic) bond motifs is 3. The Labute approximate surface area is 368 Å². The number of benzene rings is 8. The third-order valence-corrected chi connectivity index (χ3v) is 12.3. The molecule has 0 bridgehead atoms. The molecule has 1 aliphatic carbocycles. The van der Waals surface area contributed by atoms with Crippen molar-refractivity contribution < 1.29 is 0 Å². The average molecular weight is 807 g/mol. The van der Waals surface area contributed by atoms with Gasteiger partial charge in [0.25, 0.3) is 0 Å². The fraction of sp³-hybridized carbons (Fsp3) is 0.0508. The monoisotopic (exact) mass is 806 g/mol. The van der Waals surface area contributed by atoms with Gasteiger partial charge in [0.2, 0.25) is 0 Å². The van der Waals surface area contributed by atoms with E-state index in [9.17, 15) is 0 Å². The van der Waals surface area contributed by atoms with Gasteiger partial charge < -0.3 is 0 Å². The van der Waals surface area contributed by atoms with Crippen LogP contribution in [0.15, 0.2) is 218 Å². The minimum Gasteiger partial charge on any atom is -0.248 e. The summed E-state index contributed by atoms with van der Waals surface area (Å²) in [4.78, 5) is 20.0. The zero-order chi connectivity index (χ0) is 42.3. The van der Waals surface area contributed by atoms with E-state index >= 15 is 0 Å². The lowest BCUT2D eigenvalue weighted by atomic mass is 9.80. The fourth-order valence-corrected chi connectivity index (χ4v) is 8.96. The summed E-state index contributed by atoms with van der Waals surface area (Å²) in [6.45, 7) is 4.71. The summed E-state index contributed by atoms with van der Waals surface area (Å²) in [6.07, 6.45) is 0. The van der Waals surface area contributed by atoms with Crippen molar-refractivity contribution in [2.45, 2.75) is 19.3 Å². The van der Waals surface area contributed by atoms with E-state index in [1.54, 1.807) is 0 Å². The third kappa shape index (κ3) is 7.22. The smallest absolute Gasteiger partial charge is 0.164 e. The standard InChI is InChI=1S/C59H42N4/c1-59(2)52-35-46(43-25-15-27-45(33-43)49-37-54(39-17-7-3-8-18-39)60-55(38-49)40-19-9-4-10-20-40)29-31-50(52)51-32-30-47(36-53(51)59)44-26-16-28-48(34-44)58-62-56(41-21-11-5-12-22-41)61-57(63-58)42-23-13-6-14-24-42/h3-38H,1-2H3. The van der Waals surface area contributed by atoms with Gasteiger partial charge in [-0.2, -0.15) is 0 Å². The predicted octanol–water partition coefficient (Wildman–Crippen LogP) is 14.9. The summed E-state index contributed by atoms with van der Waals surface area (Å²) in [5.41, 5.74) is 18.9. The van der Waals surface area contributed by atoms with Crippen LogP contribution >= 0.6 is 0 Å². The number of nitrogens with zero attached hydrogens (tertiary/aromatic N) is 4. The van der Waals surface area contributed by atoms with E-state index in [4.69, 9.17) is 19.9 Å². The van der Waals surface area contributed by atoms with Gasteiger partial charge in [0.1, 0.15) is 0 Å². The van der Waals surface area contributed by atoms with Gasteiger partial charge in [0.15, 0.2) is 17.5 Å². The Morgan fingerprint density at radius 3 is 1.03 bits per heavy atom. The lowest BCUT2D eigenvalue weighted by Crippen LogP contribution is -2.15. The molecule has 0 amide bonds. The predicted molar refractivity (Wildman–Crippen MR) is 259 cm³/mol. The van der Waals surface area contributed by atoms with Gasteiger partial charge in [-0.05, 0) is 92.0 Å².